The van der Waals surface area contributed by atoms with Crippen LogP contribution in [0.2, 0.25) is 0 Å². The van der Waals surface area contributed by atoms with E-state index < -0.39 is 11.4 Å². The lowest BCUT2D eigenvalue weighted by molar-refractivity contribution is 0.0123. The second-order valence-corrected chi connectivity index (χ2v) is 9.18. The molecule has 0 radical (unpaired) electrons. The summed E-state index contributed by atoms with van der Waals surface area (Å²) in [6, 6.07) is 3.67. The van der Waals surface area contributed by atoms with Gasteiger partial charge in [0.05, 0.1) is 29.4 Å². The fourth-order valence-corrected chi connectivity index (χ4v) is 4.61. The Morgan fingerprint density at radius 3 is 2.65 bits per heavy atom. The molecule has 2 aliphatic heterocycles. The van der Waals surface area contributed by atoms with Gasteiger partial charge in [-0.3, -0.25) is 9.88 Å². The molecule has 2 unspecified atom stereocenters. The SMILES string of the molecule is CC(C)(C)OC(=O)N1C2CCC1CN(c1ncnc3[nH]c(-c4ccncc4F)cc13)C2. The van der Waals surface area contributed by atoms with Crippen LogP contribution in [0.5, 0.6) is 0 Å². The molecule has 2 atom stereocenters. The molecular formula is C22H25FN6O2. The largest absolute Gasteiger partial charge is 0.444 e. The van der Waals surface area contributed by atoms with Crippen LogP contribution in [0.1, 0.15) is 33.6 Å². The molecule has 3 aromatic rings. The van der Waals surface area contributed by atoms with Gasteiger partial charge in [0.15, 0.2) is 5.82 Å². The van der Waals surface area contributed by atoms with Crippen molar-refractivity contribution in [3.05, 3.63) is 36.7 Å². The maximum atomic E-state index is 14.2. The Labute approximate surface area is 179 Å². The van der Waals surface area contributed by atoms with Crippen molar-refractivity contribution >= 4 is 22.9 Å². The first-order valence-electron chi connectivity index (χ1n) is 10.5. The highest BCUT2D eigenvalue weighted by Crippen LogP contribution is 2.36. The zero-order chi connectivity index (χ0) is 21.8. The number of hydrogen-bond acceptors (Lipinski definition) is 6. The fourth-order valence-electron chi connectivity index (χ4n) is 4.61. The van der Waals surface area contributed by atoms with E-state index in [0.29, 0.717) is 30.0 Å². The van der Waals surface area contributed by atoms with Crippen LogP contribution in [-0.4, -0.2) is 61.7 Å². The van der Waals surface area contributed by atoms with Gasteiger partial charge in [0, 0.05) is 24.8 Å². The van der Waals surface area contributed by atoms with Gasteiger partial charge in [0.1, 0.15) is 23.4 Å². The van der Waals surface area contributed by atoms with E-state index in [9.17, 15) is 9.18 Å². The number of pyridine rings is 1. The predicted molar refractivity (Wildman–Crippen MR) is 114 cm³/mol. The van der Waals surface area contributed by atoms with Crippen LogP contribution in [0.25, 0.3) is 22.3 Å². The van der Waals surface area contributed by atoms with Crippen LogP contribution in [0.4, 0.5) is 15.0 Å². The third-order valence-electron chi connectivity index (χ3n) is 5.85. The molecule has 2 aliphatic rings. The summed E-state index contributed by atoms with van der Waals surface area (Å²) in [5, 5.41) is 0.832. The van der Waals surface area contributed by atoms with Gasteiger partial charge in [-0.2, -0.15) is 0 Å². The molecule has 5 heterocycles. The van der Waals surface area contributed by atoms with Gasteiger partial charge in [-0.1, -0.05) is 0 Å². The lowest BCUT2D eigenvalue weighted by Gasteiger charge is -2.41. The Morgan fingerprint density at radius 1 is 1.23 bits per heavy atom. The first-order chi connectivity index (χ1) is 14.8. The highest BCUT2D eigenvalue weighted by molar-refractivity contribution is 5.92. The van der Waals surface area contributed by atoms with Gasteiger partial charge in [0.25, 0.3) is 0 Å². The van der Waals surface area contributed by atoms with E-state index in [4.69, 9.17) is 4.74 Å². The molecule has 1 amide bonds. The lowest BCUT2D eigenvalue weighted by atomic mass is 10.1. The molecule has 1 N–H and O–H groups in total. The third kappa shape index (κ3) is 3.58. The number of ether oxygens (including phenoxy) is 1. The average molecular weight is 424 g/mol. The quantitative estimate of drug-likeness (QED) is 0.674. The molecule has 31 heavy (non-hydrogen) atoms. The molecule has 0 aromatic carbocycles. The van der Waals surface area contributed by atoms with Gasteiger partial charge in [0.2, 0.25) is 0 Å². The van der Waals surface area contributed by atoms with E-state index in [1.54, 1.807) is 12.3 Å². The zero-order valence-corrected chi connectivity index (χ0v) is 17.8. The number of piperazine rings is 1. The van der Waals surface area contributed by atoms with Crippen molar-refractivity contribution in [2.24, 2.45) is 0 Å². The molecule has 2 bridgehead atoms. The van der Waals surface area contributed by atoms with E-state index in [1.807, 2.05) is 31.7 Å². The first-order valence-corrected chi connectivity index (χ1v) is 10.5. The minimum atomic E-state index is -0.518. The second kappa shape index (κ2) is 7.18. The molecule has 2 fully saturated rings. The Balaban J connectivity index is 1.44. The number of amides is 1. The molecular weight excluding hydrogens is 399 g/mol. The van der Waals surface area contributed by atoms with Crippen LogP contribution < -0.4 is 4.90 Å². The smallest absolute Gasteiger partial charge is 0.410 e. The Bertz CT molecular complexity index is 1130. The molecule has 0 spiro atoms. The molecule has 0 saturated carbocycles. The summed E-state index contributed by atoms with van der Waals surface area (Å²) in [4.78, 5) is 32.7. The minimum Gasteiger partial charge on any atom is -0.444 e. The van der Waals surface area contributed by atoms with Crippen LogP contribution >= 0.6 is 0 Å². The molecule has 9 heteroatoms. The number of aromatic amines is 1. The van der Waals surface area contributed by atoms with Gasteiger partial charge in [-0.05, 0) is 45.7 Å². The fraction of sp³-hybridized carbons (Fsp3) is 0.455. The van der Waals surface area contributed by atoms with Gasteiger partial charge in [-0.25, -0.2) is 19.2 Å². The first kappa shape index (κ1) is 19.7. The number of carbonyl (C=O) groups excluding carboxylic acids is 1. The second-order valence-electron chi connectivity index (χ2n) is 9.18. The molecule has 3 aromatic heterocycles. The average Bonchev–Trinajstić information content (AvgIpc) is 3.25. The maximum absolute atomic E-state index is 14.2. The summed E-state index contributed by atoms with van der Waals surface area (Å²) in [5.74, 6) is 0.398. The van der Waals surface area contributed by atoms with Gasteiger partial charge >= 0.3 is 6.09 Å². The Kier molecular flexibility index (Phi) is 4.56. The number of nitrogens with zero attached hydrogens (tertiary/aromatic N) is 5. The highest BCUT2D eigenvalue weighted by Gasteiger charge is 2.44. The van der Waals surface area contributed by atoms with Crippen molar-refractivity contribution in [1.82, 2.24) is 24.8 Å². The van der Waals surface area contributed by atoms with Gasteiger partial charge < -0.3 is 14.6 Å². The Morgan fingerprint density at radius 2 is 1.97 bits per heavy atom. The third-order valence-corrected chi connectivity index (χ3v) is 5.85. The lowest BCUT2D eigenvalue weighted by Crippen LogP contribution is -2.57. The van der Waals surface area contributed by atoms with E-state index in [1.165, 1.54) is 12.5 Å². The number of hydrogen-bond donors (Lipinski definition) is 1. The number of carbonyl (C=O) groups is 1. The van der Waals surface area contributed by atoms with Crippen molar-refractivity contribution in [3.63, 3.8) is 0 Å². The van der Waals surface area contributed by atoms with E-state index in [0.717, 1.165) is 24.0 Å². The Hall–Kier alpha value is -3.23. The number of rotatable bonds is 2. The van der Waals surface area contributed by atoms with Crippen molar-refractivity contribution < 1.29 is 13.9 Å². The van der Waals surface area contributed by atoms with Crippen molar-refractivity contribution in [2.45, 2.75) is 51.3 Å². The summed E-state index contributed by atoms with van der Waals surface area (Å²) in [7, 11) is 0. The summed E-state index contributed by atoms with van der Waals surface area (Å²) in [5.41, 5.74) is 1.20. The summed E-state index contributed by atoms with van der Waals surface area (Å²) in [6.45, 7) is 7.00. The zero-order valence-electron chi connectivity index (χ0n) is 17.8. The number of anilines is 1. The standard InChI is InChI=1S/C22H25FN6O2/c1-22(2,3)31-21(30)29-13-4-5-14(29)11-28(10-13)20-16-8-18(27-19(16)25-12-26-20)15-6-7-24-9-17(15)23/h6-9,12-14H,4-5,10-11H2,1-3H3,(H,25,26,27). The van der Waals surface area contributed by atoms with Crippen LogP contribution in [-0.2, 0) is 4.74 Å². The number of halogens is 1. The maximum Gasteiger partial charge on any atom is 0.410 e. The molecule has 162 valence electrons. The number of aromatic nitrogens is 4. The van der Waals surface area contributed by atoms with Crippen LogP contribution in [0, 0.1) is 5.82 Å². The van der Waals surface area contributed by atoms with Crippen LogP contribution in [0.15, 0.2) is 30.9 Å². The molecule has 2 saturated heterocycles. The normalized spacial score (nSPS) is 21.0. The van der Waals surface area contributed by atoms with Gasteiger partial charge in [-0.15, -0.1) is 0 Å². The highest BCUT2D eigenvalue weighted by atomic mass is 19.1. The molecule has 5 rings (SSSR count). The van der Waals surface area contributed by atoms with E-state index in [-0.39, 0.29) is 18.2 Å². The van der Waals surface area contributed by atoms with Crippen LogP contribution in [0.3, 0.4) is 0 Å². The minimum absolute atomic E-state index is 0.0784. The molecule has 8 nitrogen and oxygen atoms in total. The molecule has 0 aliphatic carbocycles. The summed E-state index contributed by atoms with van der Waals surface area (Å²) in [6.07, 6.45) is 5.91. The number of H-pyrrole nitrogens is 1. The van der Waals surface area contributed by atoms with Crippen molar-refractivity contribution in [3.8, 4) is 11.3 Å². The topological polar surface area (TPSA) is 87.2 Å². The van der Waals surface area contributed by atoms with Crippen molar-refractivity contribution in [2.75, 3.05) is 18.0 Å². The van der Waals surface area contributed by atoms with E-state index >= 15 is 0 Å². The summed E-state index contributed by atoms with van der Waals surface area (Å²) >= 11 is 0. The summed E-state index contributed by atoms with van der Waals surface area (Å²) < 4.78 is 19.9. The monoisotopic (exact) mass is 424 g/mol. The van der Waals surface area contributed by atoms with E-state index in [2.05, 4.69) is 24.8 Å². The number of fused-ring (bicyclic) bond motifs is 3. The van der Waals surface area contributed by atoms with Crippen molar-refractivity contribution in [1.29, 1.82) is 0 Å². The number of nitrogens with one attached hydrogen (secondary N) is 1. The predicted octanol–water partition coefficient (Wildman–Crippen LogP) is 3.75.